The van der Waals surface area contributed by atoms with Crippen LogP contribution in [-0.4, -0.2) is 40.8 Å². The molecule has 1 aliphatic heterocycles. The van der Waals surface area contributed by atoms with E-state index >= 15 is 0 Å². The van der Waals surface area contributed by atoms with Crippen molar-refractivity contribution in [2.45, 2.75) is 32.0 Å². The number of hydrogen-bond donors (Lipinski definition) is 1. The second-order valence-corrected chi connectivity index (χ2v) is 6.13. The molecule has 1 saturated heterocycles. The Morgan fingerprint density at radius 2 is 2.09 bits per heavy atom. The van der Waals surface area contributed by atoms with E-state index in [4.69, 9.17) is 4.74 Å². The van der Waals surface area contributed by atoms with Crippen molar-refractivity contribution >= 4 is 0 Å². The number of aromatic nitrogens is 1. The molecular weight excluding hydrogens is 288 g/mol. The number of aryl methyl sites for hydroxylation is 1. The van der Waals surface area contributed by atoms with Crippen LogP contribution in [0.25, 0.3) is 0 Å². The molecule has 1 aromatic heterocycles. The lowest BCUT2D eigenvalue weighted by Crippen LogP contribution is -2.45. The largest absolute Gasteiger partial charge is 0.388 e. The maximum Gasteiger partial charge on any atom is 0.0805 e. The van der Waals surface area contributed by atoms with Crippen molar-refractivity contribution in [3.63, 3.8) is 0 Å². The molecule has 1 N–H and O–H groups in total. The second kappa shape index (κ2) is 7.68. The minimum atomic E-state index is -0.463. The Kier molecular flexibility index (Phi) is 5.39. The van der Waals surface area contributed by atoms with Crippen molar-refractivity contribution in [3.05, 3.63) is 65.5 Å². The van der Waals surface area contributed by atoms with Gasteiger partial charge in [0.15, 0.2) is 0 Å². The van der Waals surface area contributed by atoms with Crippen molar-refractivity contribution in [2.24, 2.45) is 0 Å². The molecule has 2 atom stereocenters. The zero-order chi connectivity index (χ0) is 16.1. The van der Waals surface area contributed by atoms with E-state index in [2.05, 4.69) is 22.9 Å². The van der Waals surface area contributed by atoms with Crippen LogP contribution in [-0.2, 0) is 11.3 Å². The second-order valence-electron chi connectivity index (χ2n) is 6.13. The van der Waals surface area contributed by atoms with E-state index in [-0.39, 0.29) is 6.04 Å². The first-order valence-electron chi connectivity index (χ1n) is 8.19. The van der Waals surface area contributed by atoms with Gasteiger partial charge in [-0.15, -0.1) is 0 Å². The molecule has 0 radical (unpaired) electrons. The van der Waals surface area contributed by atoms with Crippen molar-refractivity contribution < 1.29 is 9.84 Å². The highest BCUT2D eigenvalue weighted by Gasteiger charge is 2.26. The van der Waals surface area contributed by atoms with Gasteiger partial charge in [0.25, 0.3) is 0 Å². The molecule has 0 amide bonds. The highest BCUT2D eigenvalue weighted by Crippen LogP contribution is 2.23. The van der Waals surface area contributed by atoms with E-state index in [9.17, 15) is 5.11 Å². The van der Waals surface area contributed by atoms with E-state index in [1.54, 1.807) is 0 Å². The summed E-state index contributed by atoms with van der Waals surface area (Å²) in [6.07, 6.45) is 2.06. The fourth-order valence-electron chi connectivity index (χ4n) is 3.06. The number of benzene rings is 1. The van der Waals surface area contributed by atoms with Crippen molar-refractivity contribution in [3.8, 4) is 0 Å². The summed E-state index contributed by atoms with van der Waals surface area (Å²) in [6, 6.07) is 14.1. The van der Waals surface area contributed by atoms with Gasteiger partial charge in [-0.3, -0.25) is 9.88 Å². The number of aliphatic hydroxyl groups excluding tert-OH is 1. The predicted octanol–water partition coefficient (Wildman–Crippen LogP) is 2.71. The average Bonchev–Trinajstić information content (AvgIpc) is 2.59. The molecule has 2 heterocycles. The fraction of sp³-hybridized carbons (Fsp3) is 0.421. The highest BCUT2D eigenvalue weighted by atomic mass is 16.5. The predicted molar refractivity (Wildman–Crippen MR) is 90.0 cm³/mol. The molecule has 2 unspecified atom stereocenters. The summed E-state index contributed by atoms with van der Waals surface area (Å²) in [4.78, 5) is 6.88. The number of pyridine rings is 1. The molecule has 1 aliphatic rings. The summed E-state index contributed by atoms with van der Waals surface area (Å²) >= 11 is 0. The number of morpholine rings is 1. The average molecular weight is 312 g/mol. The highest BCUT2D eigenvalue weighted by molar-refractivity contribution is 5.19. The maximum atomic E-state index is 10.5. The SMILES string of the molecule is Cc1cccnc1CN1CCOCC1CC(O)c1ccccc1. The van der Waals surface area contributed by atoms with Gasteiger partial charge in [0, 0.05) is 25.3 Å². The Morgan fingerprint density at radius 3 is 2.87 bits per heavy atom. The molecule has 23 heavy (non-hydrogen) atoms. The van der Waals surface area contributed by atoms with E-state index in [0.29, 0.717) is 13.0 Å². The van der Waals surface area contributed by atoms with Crippen LogP contribution in [0.5, 0.6) is 0 Å². The lowest BCUT2D eigenvalue weighted by Gasteiger charge is -2.36. The number of nitrogens with zero attached hydrogens (tertiary/aromatic N) is 2. The van der Waals surface area contributed by atoms with Gasteiger partial charge in [-0.25, -0.2) is 0 Å². The van der Waals surface area contributed by atoms with E-state index in [1.807, 2.05) is 42.6 Å². The molecule has 3 rings (SSSR count). The minimum absolute atomic E-state index is 0.209. The van der Waals surface area contributed by atoms with Gasteiger partial charge in [-0.1, -0.05) is 36.4 Å². The molecule has 0 saturated carbocycles. The van der Waals surface area contributed by atoms with Crippen LogP contribution in [0.3, 0.4) is 0 Å². The lowest BCUT2D eigenvalue weighted by molar-refractivity contribution is -0.0305. The summed E-state index contributed by atoms with van der Waals surface area (Å²) in [5.41, 5.74) is 3.28. The summed E-state index contributed by atoms with van der Waals surface area (Å²) in [5.74, 6) is 0. The van der Waals surface area contributed by atoms with Crippen LogP contribution < -0.4 is 0 Å². The van der Waals surface area contributed by atoms with E-state index in [1.165, 1.54) is 5.56 Å². The van der Waals surface area contributed by atoms with Crippen LogP contribution >= 0.6 is 0 Å². The third-order valence-corrected chi connectivity index (χ3v) is 4.50. The molecule has 4 heteroatoms. The summed E-state index contributed by atoms with van der Waals surface area (Å²) < 4.78 is 5.64. The molecule has 2 aromatic rings. The van der Waals surface area contributed by atoms with Gasteiger partial charge in [-0.05, 0) is 30.5 Å². The van der Waals surface area contributed by atoms with Crippen LogP contribution in [0.2, 0.25) is 0 Å². The number of ether oxygens (including phenoxy) is 1. The van der Waals surface area contributed by atoms with Crippen LogP contribution in [0.15, 0.2) is 48.7 Å². The van der Waals surface area contributed by atoms with Crippen molar-refractivity contribution in [2.75, 3.05) is 19.8 Å². The van der Waals surface area contributed by atoms with E-state index in [0.717, 1.165) is 31.0 Å². The Morgan fingerprint density at radius 1 is 1.26 bits per heavy atom. The number of aliphatic hydroxyl groups is 1. The summed E-state index contributed by atoms with van der Waals surface area (Å²) in [5, 5.41) is 10.5. The monoisotopic (exact) mass is 312 g/mol. The fourth-order valence-corrected chi connectivity index (χ4v) is 3.06. The summed E-state index contributed by atoms with van der Waals surface area (Å²) in [7, 11) is 0. The van der Waals surface area contributed by atoms with Gasteiger partial charge < -0.3 is 9.84 Å². The molecule has 4 nitrogen and oxygen atoms in total. The maximum absolute atomic E-state index is 10.5. The van der Waals surface area contributed by atoms with Gasteiger partial charge in [-0.2, -0.15) is 0 Å². The van der Waals surface area contributed by atoms with E-state index < -0.39 is 6.10 Å². The topological polar surface area (TPSA) is 45.6 Å². The Bertz CT molecular complexity index is 618. The molecule has 0 spiro atoms. The molecular formula is C19H24N2O2. The van der Waals surface area contributed by atoms with Gasteiger partial charge in [0.1, 0.15) is 0 Å². The lowest BCUT2D eigenvalue weighted by atomic mass is 10.0. The normalized spacial score (nSPS) is 20.3. The van der Waals surface area contributed by atoms with Crippen LogP contribution in [0, 0.1) is 6.92 Å². The zero-order valence-corrected chi connectivity index (χ0v) is 13.6. The molecule has 0 bridgehead atoms. The standard InChI is InChI=1S/C19H24N2O2/c1-15-6-5-9-20-18(15)13-21-10-11-23-14-17(21)12-19(22)16-7-3-2-4-8-16/h2-9,17,19,22H,10-14H2,1H3. The number of hydrogen-bond acceptors (Lipinski definition) is 4. The van der Waals surface area contributed by atoms with Crippen molar-refractivity contribution in [1.29, 1.82) is 0 Å². The van der Waals surface area contributed by atoms with Crippen molar-refractivity contribution in [1.82, 2.24) is 9.88 Å². The minimum Gasteiger partial charge on any atom is -0.388 e. The molecule has 122 valence electrons. The quantitative estimate of drug-likeness (QED) is 0.922. The Labute approximate surface area is 137 Å². The van der Waals surface area contributed by atoms with Gasteiger partial charge >= 0.3 is 0 Å². The van der Waals surface area contributed by atoms with Gasteiger partial charge in [0.05, 0.1) is 25.0 Å². The summed E-state index contributed by atoms with van der Waals surface area (Å²) in [6.45, 7) is 5.18. The first-order chi connectivity index (χ1) is 11.2. The van der Waals surface area contributed by atoms with Crippen LogP contribution in [0.4, 0.5) is 0 Å². The molecule has 1 aromatic carbocycles. The number of rotatable bonds is 5. The first-order valence-corrected chi connectivity index (χ1v) is 8.19. The van der Waals surface area contributed by atoms with Gasteiger partial charge in [0.2, 0.25) is 0 Å². The smallest absolute Gasteiger partial charge is 0.0805 e. The van der Waals surface area contributed by atoms with Crippen LogP contribution in [0.1, 0.15) is 29.3 Å². The third kappa shape index (κ3) is 4.16. The molecule has 0 aliphatic carbocycles. The first kappa shape index (κ1) is 16.1. The third-order valence-electron chi connectivity index (χ3n) is 4.50. The Balaban J connectivity index is 1.68. The Hall–Kier alpha value is -1.75. The zero-order valence-electron chi connectivity index (χ0n) is 13.6. The molecule has 1 fully saturated rings.